The first-order chi connectivity index (χ1) is 13.8. The van der Waals surface area contributed by atoms with Crippen molar-refractivity contribution in [2.75, 3.05) is 12.1 Å². The van der Waals surface area contributed by atoms with E-state index in [0.717, 1.165) is 22.4 Å². The lowest BCUT2D eigenvalue weighted by Gasteiger charge is -2.10. The quantitative estimate of drug-likeness (QED) is 0.593. The molecule has 138 valence electrons. The number of imidazole rings is 1. The van der Waals surface area contributed by atoms with Gasteiger partial charge in [0.1, 0.15) is 12.4 Å². The Morgan fingerprint density at radius 1 is 1.04 bits per heavy atom. The highest BCUT2D eigenvalue weighted by Crippen LogP contribution is 2.34. The third kappa shape index (κ3) is 2.92. The van der Waals surface area contributed by atoms with Gasteiger partial charge < -0.3 is 19.4 Å². The first kappa shape index (κ1) is 16.3. The van der Waals surface area contributed by atoms with Gasteiger partial charge in [0.2, 0.25) is 12.7 Å². The molecule has 0 unspecified atom stereocenters. The van der Waals surface area contributed by atoms with Crippen molar-refractivity contribution in [3.63, 3.8) is 0 Å². The number of ether oxygens (including phenoxy) is 2. The van der Waals surface area contributed by atoms with E-state index in [1.165, 1.54) is 0 Å². The molecular formula is C21H16N4O3. The molecule has 5 rings (SSSR count). The summed E-state index contributed by atoms with van der Waals surface area (Å²) >= 11 is 0. The van der Waals surface area contributed by atoms with E-state index in [1.54, 1.807) is 30.6 Å². The van der Waals surface area contributed by atoms with Crippen LogP contribution in [0.15, 0.2) is 67.0 Å². The van der Waals surface area contributed by atoms with Gasteiger partial charge in [-0.3, -0.25) is 9.78 Å². The summed E-state index contributed by atoms with van der Waals surface area (Å²) < 4.78 is 12.6. The van der Waals surface area contributed by atoms with Crippen molar-refractivity contribution in [3.05, 3.63) is 67.0 Å². The van der Waals surface area contributed by atoms with Crippen molar-refractivity contribution >= 4 is 22.6 Å². The van der Waals surface area contributed by atoms with Gasteiger partial charge in [0.05, 0.1) is 11.0 Å². The monoisotopic (exact) mass is 372 g/mol. The molecule has 0 saturated carbocycles. The number of carbonyl (C=O) groups excluding carboxylic acids is 1. The lowest BCUT2D eigenvalue weighted by atomic mass is 10.2. The highest BCUT2D eigenvalue weighted by Gasteiger charge is 2.17. The Balaban J connectivity index is 1.46. The van der Waals surface area contributed by atoms with Gasteiger partial charge in [0.15, 0.2) is 11.5 Å². The van der Waals surface area contributed by atoms with Gasteiger partial charge in [-0.15, -0.1) is 0 Å². The molecule has 0 fully saturated rings. The predicted molar refractivity (Wildman–Crippen MR) is 104 cm³/mol. The van der Waals surface area contributed by atoms with Crippen molar-refractivity contribution in [3.8, 4) is 22.9 Å². The van der Waals surface area contributed by atoms with Crippen molar-refractivity contribution in [2.45, 2.75) is 6.54 Å². The first-order valence-electron chi connectivity index (χ1n) is 8.83. The number of hydrogen-bond acceptors (Lipinski definition) is 5. The SMILES string of the molecule is O=C(Cn1c(-c2ccncc2)nc2ccccc21)Nc1ccc2c(c1)OCO2. The molecule has 1 aliphatic heterocycles. The van der Waals surface area contributed by atoms with Crippen LogP contribution in [0.1, 0.15) is 0 Å². The second-order valence-corrected chi connectivity index (χ2v) is 6.36. The number of para-hydroxylation sites is 2. The molecule has 0 aliphatic carbocycles. The fourth-order valence-electron chi connectivity index (χ4n) is 3.28. The van der Waals surface area contributed by atoms with Gasteiger partial charge >= 0.3 is 0 Å². The van der Waals surface area contributed by atoms with Crippen LogP contribution < -0.4 is 14.8 Å². The fraction of sp³-hybridized carbons (Fsp3) is 0.0952. The number of carbonyl (C=O) groups is 1. The van der Waals surface area contributed by atoms with Crippen LogP contribution in [0, 0.1) is 0 Å². The number of benzene rings is 2. The molecule has 3 heterocycles. The lowest BCUT2D eigenvalue weighted by molar-refractivity contribution is -0.116. The van der Waals surface area contributed by atoms with Crippen molar-refractivity contribution in [1.82, 2.24) is 14.5 Å². The molecule has 0 spiro atoms. The Hall–Kier alpha value is -3.87. The summed E-state index contributed by atoms with van der Waals surface area (Å²) in [5, 5.41) is 2.92. The Morgan fingerprint density at radius 3 is 2.75 bits per heavy atom. The van der Waals surface area contributed by atoms with Gasteiger partial charge in [-0.1, -0.05) is 12.1 Å². The van der Waals surface area contributed by atoms with E-state index in [2.05, 4.69) is 10.3 Å². The molecule has 0 radical (unpaired) electrons. The van der Waals surface area contributed by atoms with Crippen molar-refractivity contribution in [2.24, 2.45) is 0 Å². The van der Waals surface area contributed by atoms with Crippen molar-refractivity contribution in [1.29, 1.82) is 0 Å². The van der Waals surface area contributed by atoms with E-state index in [4.69, 9.17) is 14.5 Å². The summed E-state index contributed by atoms with van der Waals surface area (Å²) in [5.41, 5.74) is 3.30. The number of hydrogen-bond donors (Lipinski definition) is 1. The maximum absolute atomic E-state index is 12.8. The molecule has 1 N–H and O–H groups in total. The fourth-order valence-corrected chi connectivity index (χ4v) is 3.28. The number of rotatable bonds is 4. The van der Waals surface area contributed by atoms with Crippen LogP contribution in [0.2, 0.25) is 0 Å². The minimum absolute atomic E-state index is 0.132. The molecule has 0 bridgehead atoms. The summed E-state index contributed by atoms with van der Waals surface area (Å²) in [7, 11) is 0. The average Bonchev–Trinajstić information content (AvgIpc) is 3.33. The number of fused-ring (bicyclic) bond motifs is 2. The summed E-state index contributed by atoms with van der Waals surface area (Å²) in [6.45, 7) is 0.329. The molecule has 28 heavy (non-hydrogen) atoms. The van der Waals surface area contributed by atoms with Crippen LogP contribution in [0.4, 0.5) is 5.69 Å². The van der Waals surface area contributed by atoms with Crippen LogP contribution in [-0.4, -0.2) is 27.2 Å². The maximum atomic E-state index is 12.8. The zero-order valence-electron chi connectivity index (χ0n) is 14.8. The summed E-state index contributed by atoms with van der Waals surface area (Å²) in [6.07, 6.45) is 3.43. The van der Waals surface area contributed by atoms with Gasteiger partial charge in [-0.25, -0.2) is 4.98 Å². The predicted octanol–water partition coefficient (Wildman–Crippen LogP) is 3.47. The van der Waals surface area contributed by atoms with Gasteiger partial charge in [-0.05, 0) is 36.4 Å². The topological polar surface area (TPSA) is 78.3 Å². The molecule has 2 aromatic heterocycles. The maximum Gasteiger partial charge on any atom is 0.244 e. The molecular weight excluding hydrogens is 356 g/mol. The molecule has 1 amide bonds. The van der Waals surface area contributed by atoms with E-state index in [1.807, 2.05) is 41.0 Å². The second kappa shape index (κ2) is 6.70. The molecule has 1 aliphatic rings. The Morgan fingerprint density at radius 2 is 1.86 bits per heavy atom. The Labute approximate surface area is 160 Å². The summed E-state index contributed by atoms with van der Waals surface area (Å²) in [5.74, 6) is 1.88. The number of amides is 1. The minimum atomic E-state index is -0.155. The molecule has 4 aromatic rings. The average molecular weight is 372 g/mol. The third-order valence-corrected chi connectivity index (χ3v) is 4.55. The van der Waals surface area contributed by atoms with E-state index >= 15 is 0 Å². The first-order valence-corrected chi connectivity index (χ1v) is 8.83. The molecule has 7 nitrogen and oxygen atoms in total. The van der Waals surface area contributed by atoms with Crippen LogP contribution in [-0.2, 0) is 11.3 Å². The summed E-state index contributed by atoms with van der Waals surface area (Å²) in [4.78, 5) is 21.5. The number of aromatic nitrogens is 3. The standard InChI is InChI=1S/C21H16N4O3/c26-20(23-15-5-6-18-19(11-15)28-13-27-18)12-25-17-4-2-1-3-16(17)24-21(25)14-7-9-22-10-8-14/h1-11H,12-13H2,(H,23,26). The number of anilines is 1. The minimum Gasteiger partial charge on any atom is -0.454 e. The smallest absolute Gasteiger partial charge is 0.244 e. The zero-order valence-corrected chi connectivity index (χ0v) is 14.8. The molecule has 2 aromatic carbocycles. The van der Waals surface area contributed by atoms with E-state index in [0.29, 0.717) is 17.2 Å². The van der Waals surface area contributed by atoms with Crippen LogP contribution >= 0.6 is 0 Å². The van der Waals surface area contributed by atoms with E-state index in [-0.39, 0.29) is 19.2 Å². The number of pyridine rings is 1. The lowest BCUT2D eigenvalue weighted by Crippen LogP contribution is -2.19. The third-order valence-electron chi connectivity index (χ3n) is 4.55. The molecule has 0 saturated heterocycles. The number of nitrogens with one attached hydrogen (secondary N) is 1. The van der Waals surface area contributed by atoms with Crippen LogP contribution in [0.5, 0.6) is 11.5 Å². The van der Waals surface area contributed by atoms with Gasteiger partial charge in [0.25, 0.3) is 0 Å². The zero-order chi connectivity index (χ0) is 18.9. The Bertz CT molecular complexity index is 1170. The normalized spacial score (nSPS) is 12.3. The van der Waals surface area contributed by atoms with Crippen molar-refractivity contribution < 1.29 is 14.3 Å². The van der Waals surface area contributed by atoms with Crippen LogP contribution in [0.25, 0.3) is 22.4 Å². The highest BCUT2D eigenvalue weighted by atomic mass is 16.7. The molecule has 7 heteroatoms. The largest absolute Gasteiger partial charge is 0.454 e. The highest BCUT2D eigenvalue weighted by molar-refractivity contribution is 5.93. The second-order valence-electron chi connectivity index (χ2n) is 6.36. The van der Waals surface area contributed by atoms with Gasteiger partial charge in [0, 0.05) is 29.7 Å². The summed E-state index contributed by atoms with van der Waals surface area (Å²) in [6, 6.07) is 16.9. The van der Waals surface area contributed by atoms with Gasteiger partial charge in [-0.2, -0.15) is 0 Å². The van der Waals surface area contributed by atoms with E-state index in [9.17, 15) is 4.79 Å². The van der Waals surface area contributed by atoms with E-state index < -0.39 is 0 Å². The van der Waals surface area contributed by atoms with Crippen LogP contribution in [0.3, 0.4) is 0 Å². The number of nitrogens with zero attached hydrogens (tertiary/aromatic N) is 3. The Kier molecular flexibility index (Phi) is 3.90. The molecule has 0 atom stereocenters.